The number of aryl methyl sites for hydroxylation is 1. The summed E-state index contributed by atoms with van der Waals surface area (Å²) in [6, 6.07) is 7.17. The van der Waals surface area contributed by atoms with E-state index in [1.165, 1.54) is 60.8 Å². The van der Waals surface area contributed by atoms with Crippen LogP contribution in [0.15, 0.2) is 58.4 Å². The largest absolute Gasteiger partial charge is 0.392 e. The normalized spacial score (nSPS) is 41.4. The van der Waals surface area contributed by atoms with Crippen LogP contribution in [0.3, 0.4) is 0 Å². The number of ether oxygens (including phenoxy) is 1. The summed E-state index contributed by atoms with van der Waals surface area (Å²) in [6.45, 7) is 18.5. The minimum atomic E-state index is -0.695. The molecule has 1 aromatic rings. The summed E-state index contributed by atoms with van der Waals surface area (Å²) in [5.74, 6) is 1.37. The number of carbonyl (C=O) groups is 2. The third kappa shape index (κ3) is 6.29. The molecule has 1 aromatic carbocycles. The molecule has 3 heterocycles. The highest BCUT2D eigenvalue weighted by Crippen LogP contribution is 2.76. The number of benzene rings is 1. The quantitative estimate of drug-likeness (QED) is 0.228. The summed E-state index contributed by atoms with van der Waals surface area (Å²) < 4.78 is 5.90. The molecule has 0 amide bonds. The van der Waals surface area contributed by atoms with Crippen LogP contribution < -0.4 is 0 Å². The summed E-state index contributed by atoms with van der Waals surface area (Å²) in [7, 11) is 0. The fourth-order valence-electron chi connectivity index (χ4n) is 16.6. The second kappa shape index (κ2) is 14.6. The van der Waals surface area contributed by atoms with Crippen LogP contribution in [0.2, 0.25) is 0 Å². The molecule has 0 aromatic heterocycles. The predicted octanol–water partition coefficient (Wildman–Crippen LogP) is 10.2. The number of allylic oxidation sites excluding steroid dienone is 1. The Hall–Kier alpha value is -2.87. The number of ketones is 2. The molecule has 7 heteroatoms. The SMILES string of the molecule is Cc1cc(CC2=CN(CC3C4=C(C(C)CC(O)C5OC5(C)C)C(=O)CC4(C)C4(C)CCC5C(C)(CCC(=O)C5(C)C5CCCC5)C4C3O)C3C=CN=C23)cc(C2CCCC2)c1. The van der Waals surface area contributed by atoms with Crippen LogP contribution in [-0.4, -0.2) is 68.9 Å². The highest BCUT2D eigenvalue weighted by atomic mass is 16.6. The molecule has 0 radical (unpaired) electrons. The standard InChI is InChI=1S/C54H74N2O5/c1-31-23-33(26-35(24-31)34-13-9-10-14-34)27-36-29-56(39-19-22-55-46(36)39)30-38-45-44(32(2)25-40(57)49-50(3,4)61-49)41(58)28-53(45,7)52(6)21-17-42-51(5,48(52)47(38)60)20-18-43(59)54(42,8)37-15-11-12-16-37/h19,22-24,26,29,32,34,37-40,42,47-49,57,60H,9-18,20-21,25,27-28,30H2,1-8H3. The maximum atomic E-state index is 14.9. The van der Waals surface area contributed by atoms with Gasteiger partial charge in [0.1, 0.15) is 11.9 Å². The van der Waals surface area contributed by atoms with Crippen LogP contribution in [0.4, 0.5) is 0 Å². The number of epoxide rings is 1. The van der Waals surface area contributed by atoms with Crippen LogP contribution in [0.1, 0.15) is 161 Å². The second-order valence-electron chi connectivity index (χ2n) is 23.4. The first-order valence-electron chi connectivity index (χ1n) is 24.6. The monoisotopic (exact) mass is 831 g/mol. The third-order valence-electron chi connectivity index (χ3n) is 19.7. The molecule has 6 aliphatic carbocycles. The number of aliphatic hydroxyl groups excluding tert-OH is 2. The maximum absolute atomic E-state index is 14.9. The Morgan fingerprint density at radius 3 is 2.36 bits per heavy atom. The molecule has 0 bridgehead atoms. The van der Waals surface area contributed by atoms with E-state index in [4.69, 9.17) is 9.73 Å². The lowest BCUT2D eigenvalue weighted by Crippen LogP contribution is -2.69. The van der Waals surface area contributed by atoms with Crippen molar-refractivity contribution in [3.8, 4) is 0 Å². The molecule has 3 aliphatic heterocycles. The van der Waals surface area contributed by atoms with Gasteiger partial charge in [0.15, 0.2) is 5.78 Å². The van der Waals surface area contributed by atoms with E-state index in [1.807, 2.05) is 20.0 Å². The molecule has 2 N–H and O–H groups in total. The van der Waals surface area contributed by atoms with Crippen molar-refractivity contribution in [3.05, 3.63) is 70.1 Å². The summed E-state index contributed by atoms with van der Waals surface area (Å²) in [4.78, 5) is 36.6. The van der Waals surface area contributed by atoms with Gasteiger partial charge < -0.3 is 19.8 Å². The second-order valence-corrected chi connectivity index (χ2v) is 23.4. The van der Waals surface area contributed by atoms with Crippen LogP contribution in [0.5, 0.6) is 0 Å². The van der Waals surface area contributed by atoms with E-state index in [-0.39, 0.29) is 63.4 Å². The van der Waals surface area contributed by atoms with Gasteiger partial charge in [-0.2, -0.15) is 0 Å². The van der Waals surface area contributed by atoms with Crippen molar-refractivity contribution in [1.82, 2.24) is 4.90 Å². The van der Waals surface area contributed by atoms with Gasteiger partial charge in [-0.15, -0.1) is 0 Å². The summed E-state index contributed by atoms with van der Waals surface area (Å²) >= 11 is 0. The third-order valence-corrected chi connectivity index (χ3v) is 19.7. The van der Waals surface area contributed by atoms with Crippen LogP contribution in [0, 0.1) is 58.2 Å². The van der Waals surface area contributed by atoms with Crippen LogP contribution in [0.25, 0.3) is 0 Å². The molecule has 12 atom stereocenters. The molecule has 12 unspecified atom stereocenters. The van der Waals surface area contributed by atoms with E-state index < -0.39 is 17.6 Å². The molecule has 5 saturated carbocycles. The fraction of sp³-hybridized carbons (Fsp3) is 0.722. The van der Waals surface area contributed by atoms with E-state index >= 15 is 0 Å². The predicted molar refractivity (Wildman–Crippen MR) is 241 cm³/mol. The van der Waals surface area contributed by atoms with Crippen LogP contribution >= 0.6 is 0 Å². The molecular weight excluding hydrogens is 757 g/mol. The molecule has 0 spiro atoms. The molecule has 10 rings (SSSR count). The number of nitrogens with zero attached hydrogens (tertiary/aromatic N) is 2. The Bertz CT molecular complexity index is 2120. The van der Waals surface area contributed by atoms with Crippen molar-refractivity contribution in [2.45, 2.75) is 188 Å². The molecule has 61 heavy (non-hydrogen) atoms. The Labute approximate surface area is 366 Å². The number of hydrogen-bond donors (Lipinski definition) is 2. The van der Waals surface area contributed by atoms with Crippen molar-refractivity contribution in [2.75, 3.05) is 6.54 Å². The molecule has 6 fully saturated rings. The van der Waals surface area contributed by atoms with E-state index in [1.54, 1.807) is 0 Å². The Morgan fingerprint density at radius 2 is 1.66 bits per heavy atom. The van der Waals surface area contributed by atoms with Gasteiger partial charge in [-0.3, -0.25) is 14.6 Å². The van der Waals surface area contributed by atoms with E-state index in [0.29, 0.717) is 43.4 Å². The van der Waals surface area contributed by atoms with E-state index in [2.05, 4.69) is 76.9 Å². The number of carbonyl (C=O) groups excluding carboxylic acids is 2. The molecule has 1 saturated heterocycles. The van der Waals surface area contributed by atoms with Gasteiger partial charge in [-0.25, -0.2) is 0 Å². The van der Waals surface area contributed by atoms with Gasteiger partial charge in [-0.05, 0) is 146 Å². The number of hydrogen-bond acceptors (Lipinski definition) is 7. The Balaban J connectivity index is 1.05. The first-order chi connectivity index (χ1) is 28.9. The average molecular weight is 831 g/mol. The Kier molecular flexibility index (Phi) is 10.1. The van der Waals surface area contributed by atoms with Crippen molar-refractivity contribution in [1.29, 1.82) is 0 Å². The van der Waals surface area contributed by atoms with Crippen molar-refractivity contribution in [3.63, 3.8) is 0 Å². The first kappa shape index (κ1) is 42.1. The minimum absolute atomic E-state index is 0.0109. The van der Waals surface area contributed by atoms with Gasteiger partial charge in [0.2, 0.25) is 0 Å². The average Bonchev–Trinajstić information content (AvgIpc) is 3.93. The maximum Gasteiger partial charge on any atom is 0.160 e. The first-order valence-corrected chi connectivity index (χ1v) is 24.6. The summed E-state index contributed by atoms with van der Waals surface area (Å²) in [5, 5.41) is 25.1. The zero-order valence-corrected chi connectivity index (χ0v) is 38.6. The minimum Gasteiger partial charge on any atom is -0.392 e. The molecular formula is C54H74N2O5. The smallest absolute Gasteiger partial charge is 0.160 e. The topological polar surface area (TPSA) is 103 Å². The lowest BCUT2D eigenvalue weighted by Gasteiger charge is -2.70. The number of fused-ring (bicyclic) bond motifs is 6. The van der Waals surface area contributed by atoms with Crippen molar-refractivity contribution in [2.24, 2.45) is 56.2 Å². The molecule has 330 valence electrons. The zero-order valence-electron chi connectivity index (χ0n) is 38.6. The number of rotatable bonds is 10. The lowest BCUT2D eigenvalue weighted by atomic mass is 9.34. The number of aliphatic hydroxyl groups is 2. The highest BCUT2D eigenvalue weighted by molar-refractivity contribution is 6.09. The van der Waals surface area contributed by atoms with Crippen LogP contribution in [-0.2, 0) is 20.7 Å². The van der Waals surface area contributed by atoms with E-state index in [9.17, 15) is 19.8 Å². The fourth-order valence-corrected chi connectivity index (χ4v) is 16.6. The Morgan fingerprint density at radius 1 is 0.951 bits per heavy atom. The van der Waals surface area contributed by atoms with Gasteiger partial charge in [0, 0.05) is 55.0 Å². The summed E-state index contributed by atoms with van der Waals surface area (Å²) in [6.07, 6.45) is 19.7. The van der Waals surface area contributed by atoms with Crippen molar-refractivity contribution < 1.29 is 24.5 Å². The highest BCUT2D eigenvalue weighted by Gasteiger charge is 2.73. The number of aliphatic imine (C=N–C) groups is 1. The molecule has 9 aliphatic rings. The number of Topliss-reactive ketones (excluding diaryl/α,β-unsaturated/α-hetero) is 2. The van der Waals surface area contributed by atoms with Crippen molar-refractivity contribution >= 4 is 17.3 Å². The summed E-state index contributed by atoms with van der Waals surface area (Å²) in [5.41, 5.74) is 6.68. The lowest BCUT2D eigenvalue weighted by molar-refractivity contribution is -0.226. The van der Waals surface area contributed by atoms with E-state index in [0.717, 1.165) is 55.4 Å². The zero-order chi connectivity index (χ0) is 43.0. The van der Waals surface area contributed by atoms with Gasteiger partial charge in [0.25, 0.3) is 0 Å². The van der Waals surface area contributed by atoms with Gasteiger partial charge >= 0.3 is 0 Å². The van der Waals surface area contributed by atoms with Gasteiger partial charge in [-0.1, -0.05) is 84.1 Å². The van der Waals surface area contributed by atoms with Gasteiger partial charge in [0.05, 0.1) is 29.6 Å². The molecule has 7 nitrogen and oxygen atoms in total.